The fourth-order valence-electron chi connectivity index (χ4n) is 2.60. The maximum atomic E-state index is 12.6. The lowest BCUT2D eigenvalue weighted by atomic mass is 10.2. The SMILES string of the molecule is CCCc1c(C(=O)N/N=C/c2cc(Br)c(O)c(OCC)c2)nnn1-c1nonc1N. The molecular weight excluding hydrogens is 460 g/mol. The van der Waals surface area contributed by atoms with E-state index in [1.54, 1.807) is 19.1 Å². The molecule has 0 spiro atoms. The van der Waals surface area contributed by atoms with Crippen LogP contribution in [0.15, 0.2) is 26.3 Å². The average molecular weight is 479 g/mol. The van der Waals surface area contributed by atoms with Gasteiger partial charge in [-0.2, -0.15) is 9.78 Å². The zero-order chi connectivity index (χ0) is 21.7. The Labute approximate surface area is 179 Å². The number of ether oxygens (including phenoxy) is 1. The fourth-order valence-corrected chi connectivity index (χ4v) is 3.06. The molecule has 13 heteroatoms. The number of aromatic hydroxyl groups is 1. The quantitative estimate of drug-likeness (QED) is 0.323. The van der Waals surface area contributed by atoms with Crippen LogP contribution in [-0.2, 0) is 6.42 Å². The zero-order valence-corrected chi connectivity index (χ0v) is 17.7. The van der Waals surface area contributed by atoms with Crippen molar-refractivity contribution in [2.45, 2.75) is 26.7 Å². The van der Waals surface area contributed by atoms with E-state index < -0.39 is 5.91 Å². The number of amides is 1. The number of hydrogen-bond acceptors (Lipinski definition) is 10. The first-order valence-electron chi connectivity index (χ1n) is 8.97. The lowest BCUT2D eigenvalue weighted by Crippen LogP contribution is -2.20. The number of halogens is 1. The molecule has 0 saturated heterocycles. The number of phenols is 1. The van der Waals surface area contributed by atoms with Crippen molar-refractivity contribution in [2.75, 3.05) is 12.3 Å². The number of nitrogens with two attached hydrogens (primary N) is 1. The largest absolute Gasteiger partial charge is 0.503 e. The summed E-state index contributed by atoms with van der Waals surface area (Å²) in [7, 11) is 0. The summed E-state index contributed by atoms with van der Waals surface area (Å²) in [6, 6.07) is 3.23. The van der Waals surface area contributed by atoms with Crippen molar-refractivity contribution in [3.05, 3.63) is 33.6 Å². The third kappa shape index (κ3) is 4.40. The van der Waals surface area contributed by atoms with Crippen molar-refractivity contribution < 1.29 is 19.3 Å². The Morgan fingerprint density at radius 3 is 2.90 bits per heavy atom. The van der Waals surface area contributed by atoms with Crippen molar-refractivity contribution in [3.63, 3.8) is 0 Å². The molecule has 2 heterocycles. The maximum absolute atomic E-state index is 12.6. The molecular formula is C17H19BrN8O4. The van der Waals surface area contributed by atoms with Crippen molar-refractivity contribution in [2.24, 2.45) is 5.10 Å². The number of aromatic nitrogens is 5. The van der Waals surface area contributed by atoms with E-state index in [9.17, 15) is 9.90 Å². The van der Waals surface area contributed by atoms with Gasteiger partial charge in [0.2, 0.25) is 11.6 Å². The molecule has 3 aromatic rings. The molecule has 30 heavy (non-hydrogen) atoms. The van der Waals surface area contributed by atoms with Gasteiger partial charge in [-0.15, -0.1) is 5.10 Å². The summed E-state index contributed by atoms with van der Waals surface area (Å²) in [6.45, 7) is 4.14. The van der Waals surface area contributed by atoms with Gasteiger partial charge in [0.05, 0.1) is 23.0 Å². The Bertz CT molecular complexity index is 1080. The summed E-state index contributed by atoms with van der Waals surface area (Å²) in [5.74, 6) is -0.0814. The number of phenolic OH excluding ortho intramolecular Hbond substituents is 1. The highest BCUT2D eigenvalue weighted by Gasteiger charge is 2.23. The summed E-state index contributed by atoms with van der Waals surface area (Å²) in [6.07, 6.45) is 2.63. The zero-order valence-electron chi connectivity index (χ0n) is 16.2. The molecule has 12 nitrogen and oxygen atoms in total. The minimum atomic E-state index is -0.557. The molecule has 0 aliphatic heterocycles. The lowest BCUT2D eigenvalue weighted by Gasteiger charge is -2.08. The predicted molar refractivity (Wildman–Crippen MR) is 110 cm³/mol. The minimum absolute atomic E-state index is 0.0134. The summed E-state index contributed by atoms with van der Waals surface area (Å²) in [4.78, 5) is 12.6. The van der Waals surface area contributed by atoms with Crippen LogP contribution in [0.25, 0.3) is 5.82 Å². The Morgan fingerprint density at radius 2 is 2.23 bits per heavy atom. The van der Waals surface area contributed by atoms with Crippen LogP contribution in [0, 0.1) is 0 Å². The molecule has 1 amide bonds. The van der Waals surface area contributed by atoms with E-state index >= 15 is 0 Å². The molecule has 0 atom stereocenters. The Balaban J connectivity index is 1.80. The second kappa shape index (κ2) is 9.35. The second-order valence-electron chi connectivity index (χ2n) is 6.00. The first-order valence-corrected chi connectivity index (χ1v) is 9.77. The number of carbonyl (C=O) groups is 1. The molecule has 3 rings (SSSR count). The molecule has 0 radical (unpaired) electrons. The van der Waals surface area contributed by atoms with Gasteiger partial charge in [-0.25, -0.2) is 10.1 Å². The van der Waals surface area contributed by atoms with E-state index in [0.29, 0.717) is 34.5 Å². The number of anilines is 1. The Kier molecular flexibility index (Phi) is 6.61. The van der Waals surface area contributed by atoms with Crippen LogP contribution in [0.3, 0.4) is 0 Å². The number of hydrogen-bond donors (Lipinski definition) is 3. The number of rotatable bonds is 8. The first kappa shape index (κ1) is 21.2. The third-order valence-electron chi connectivity index (χ3n) is 3.89. The molecule has 2 aromatic heterocycles. The predicted octanol–water partition coefficient (Wildman–Crippen LogP) is 1.82. The molecule has 0 aliphatic rings. The van der Waals surface area contributed by atoms with Gasteiger partial charge in [-0.05, 0) is 57.3 Å². The summed E-state index contributed by atoms with van der Waals surface area (Å²) in [5.41, 5.74) is 9.30. The van der Waals surface area contributed by atoms with Crippen LogP contribution in [0.1, 0.15) is 42.0 Å². The van der Waals surface area contributed by atoms with Gasteiger partial charge in [0.25, 0.3) is 5.91 Å². The van der Waals surface area contributed by atoms with Crippen LogP contribution in [0.4, 0.5) is 5.82 Å². The van der Waals surface area contributed by atoms with Gasteiger partial charge in [0, 0.05) is 0 Å². The van der Waals surface area contributed by atoms with E-state index in [2.05, 4.69) is 51.7 Å². The number of carbonyl (C=O) groups excluding carboxylic acids is 1. The van der Waals surface area contributed by atoms with Crippen LogP contribution in [-0.4, -0.2) is 49.1 Å². The average Bonchev–Trinajstić information content (AvgIpc) is 3.32. The molecule has 0 aliphatic carbocycles. The minimum Gasteiger partial charge on any atom is -0.503 e. The Morgan fingerprint density at radius 1 is 1.43 bits per heavy atom. The van der Waals surface area contributed by atoms with E-state index in [4.69, 9.17) is 10.5 Å². The molecule has 0 bridgehead atoms. The molecule has 0 unspecified atom stereocenters. The number of nitrogen functional groups attached to an aromatic ring is 1. The third-order valence-corrected chi connectivity index (χ3v) is 4.50. The van der Waals surface area contributed by atoms with Gasteiger partial charge in [0.15, 0.2) is 17.2 Å². The molecule has 1 aromatic carbocycles. The summed E-state index contributed by atoms with van der Waals surface area (Å²) >= 11 is 3.25. The topological polar surface area (TPSA) is 167 Å². The second-order valence-corrected chi connectivity index (χ2v) is 6.86. The van der Waals surface area contributed by atoms with Crippen LogP contribution in [0.5, 0.6) is 11.5 Å². The monoisotopic (exact) mass is 478 g/mol. The van der Waals surface area contributed by atoms with Crippen molar-refractivity contribution in [1.82, 2.24) is 30.7 Å². The smallest absolute Gasteiger partial charge is 0.293 e. The van der Waals surface area contributed by atoms with Crippen molar-refractivity contribution >= 4 is 33.9 Å². The first-order chi connectivity index (χ1) is 14.5. The van der Waals surface area contributed by atoms with Gasteiger partial charge in [0.1, 0.15) is 0 Å². The number of nitrogens with one attached hydrogen (secondary N) is 1. The molecule has 158 valence electrons. The van der Waals surface area contributed by atoms with E-state index in [1.165, 1.54) is 10.9 Å². The number of benzene rings is 1. The highest BCUT2D eigenvalue weighted by atomic mass is 79.9. The normalized spacial score (nSPS) is 11.2. The van der Waals surface area contributed by atoms with Gasteiger partial charge < -0.3 is 15.6 Å². The summed E-state index contributed by atoms with van der Waals surface area (Å²) in [5, 5.41) is 29.0. The van der Waals surface area contributed by atoms with Gasteiger partial charge in [-0.1, -0.05) is 18.6 Å². The molecule has 0 saturated carbocycles. The van der Waals surface area contributed by atoms with Gasteiger partial charge >= 0.3 is 0 Å². The fraction of sp³-hybridized carbons (Fsp3) is 0.294. The molecule has 4 N–H and O–H groups in total. The van der Waals surface area contributed by atoms with Crippen LogP contribution < -0.4 is 15.9 Å². The van der Waals surface area contributed by atoms with Crippen LogP contribution >= 0.6 is 15.9 Å². The molecule has 0 fully saturated rings. The van der Waals surface area contributed by atoms with E-state index in [0.717, 1.165) is 6.42 Å². The van der Waals surface area contributed by atoms with Crippen molar-refractivity contribution in [3.8, 4) is 17.3 Å². The Hall–Kier alpha value is -3.48. The summed E-state index contributed by atoms with van der Waals surface area (Å²) < 4.78 is 11.7. The number of hydrazone groups is 1. The highest BCUT2D eigenvalue weighted by Crippen LogP contribution is 2.35. The lowest BCUT2D eigenvalue weighted by molar-refractivity contribution is 0.0949. The van der Waals surface area contributed by atoms with Crippen molar-refractivity contribution in [1.29, 1.82) is 0 Å². The van der Waals surface area contributed by atoms with Crippen LogP contribution in [0.2, 0.25) is 0 Å². The van der Waals surface area contributed by atoms with E-state index in [1.807, 2.05) is 6.92 Å². The number of nitrogens with zero attached hydrogens (tertiary/aromatic N) is 6. The van der Waals surface area contributed by atoms with E-state index in [-0.39, 0.29) is 23.1 Å². The highest BCUT2D eigenvalue weighted by molar-refractivity contribution is 9.10. The maximum Gasteiger partial charge on any atom is 0.293 e. The standard InChI is InChI=1S/C17H19BrN8O4/c1-3-5-11-13(21-25-26(11)16-15(19)23-30-24-16)17(28)22-20-8-9-6-10(18)14(27)12(7-9)29-4-2/h6-8,27H,3-5H2,1-2H3,(H2,19,23)(H,22,28)/b20-8+. The van der Waals surface area contributed by atoms with Gasteiger partial charge in [-0.3, -0.25) is 4.79 Å².